The molecule has 9 heteroatoms. The second-order valence-corrected chi connectivity index (χ2v) is 6.79. The molecule has 0 fully saturated rings. The van der Waals surface area contributed by atoms with Gasteiger partial charge in [0.05, 0.1) is 12.8 Å². The van der Waals surface area contributed by atoms with E-state index in [1.165, 1.54) is 6.21 Å². The van der Waals surface area contributed by atoms with E-state index >= 15 is 0 Å². The molecule has 2 N–H and O–H groups in total. The van der Waals surface area contributed by atoms with Gasteiger partial charge in [0.2, 0.25) is 0 Å². The number of nitrogens with one attached hydrogen (secondary N) is 2. The van der Waals surface area contributed by atoms with Crippen LogP contribution in [0, 0.1) is 0 Å². The highest BCUT2D eigenvalue weighted by molar-refractivity contribution is 6.35. The Balaban J connectivity index is 1.92. The molecule has 2 aromatic carbocycles. The molecule has 0 bridgehead atoms. The van der Waals surface area contributed by atoms with E-state index in [4.69, 9.17) is 25.8 Å². The van der Waals surface area contributed by atoms with Gasteiger partial charge in [0, 0.05) is 25.3 Å². The number of amides is 2. The van der Waals surface area contributed by atoms with Crippen molar-refractivity contribution >= 4 is 29.6 Å². The van der Waals surface area contributed by atoms with Crippen LogP contribution >= 0.6 is 11.6 Å². The summed E-state index contributed by atoms with van der Waals surface area (Å²) in [6, 6.07) is 12.6. The lowest BCUT2D eigenvalue weighted by atomic mass is 10.2. The molecule has 166 valence electrons. The monoisotopic (exact) mass is 447 g/mol. The van der Waals surface area contributed by atoms with Gasteiger partial charge in [-0.3, -0.25) is 9.59 Å². The van der Waals surface area contributed by atoms with Gasteiger partial charge in [-0.2, -0.15) is 5.10 Å². The van der Waals surface area contributed by atoms with Gasteiger partial charge < -0.3 is 19.5 Å². The molecule has 0 heterocycles. The first kappa shape index (κ1) is 24.2. The van der Waals surface area contributed by atoms with E-state index in [0.29, 0.717) is 54.9 Å². The molecule has 0 radical (unpaired) electrons. The molecule has 0 unspecified atom stereocenters. The lowest BCUT2D eigenvalue weighted by molar-refractivity contribution is -0.139. The Morgan fingerprint density at radius 3 is 2.55 bits per heavy atom. The van der Waals surface area contributed by atoms with Gasteiger partial charge in [0.25, 0.3) is 0 Å². The third-order valence-corrected chi connectivity index (χ3v) is 4.22. The molecule has 8 nitrogen and oxygen atoms in total. The molecule has 0 aliphatic rings. The molecular formula is C22H26ClN3O5. The van der Waals surface area contributed by atoms with Crippen LogP contribution in [0.1, 0.15) is 24.5 Å². The maximum atomic E-state index is 11.7. The van der Waals surface area contributed by atoms with Crippen molar-refractivity contribution in [3.63, 3.8) is 0 Å². The summed E-state index contributed by atoms with van der Waals surface area (Å²) in [6.07, 6.45) is 2.03. The third kappa shape index (κ3) is 8.65. The molecule has 2 amide bonds. The number of nitrogens with zero attached hydrogens (tertiary/aromatic N) is 1. The third-order valence-electron chi connectivity index (χ3n) is 3.97. The SMILES string of the molecule is CCOc1cc(/C=N\NC(=O)C(=O)NCCCOC)ccc1OCc1ccc(Cl)cc1. The summed E-state index contributed by atoms with van der Waals surface area (Å²) < 4.78 is 16.4. The van der Waals surface area contributed by atoms with E-state index in [2.05, 4.69) is 15.8 Å². The number of carbonyl (C=O) groups is 2. The minimum atomic E-state index is -0.846. The Labute approximate surface area is 186 Å². The number of hydrazone groups is 1. The zero-order valence-electron chi connectivity index (χ0n) is 17.5. The summed E-state index contributed by atoms with van der Waals surface area (Å²) in [6.45, 7) is 3.54. The standard InChI is InChI=1S/C22H26ClN3O5/c1-3-30-20-13-17(14-25-26-22(28)21(27)24-11-4-12-29-2)7-10-19(20)31-15-16-5-8-18(23)9-6-16/h5-10,13-14H,3-4,11-12,15H2,1-2H3,(H,24,27)(H,26,28)/b25-14-. The Morgan fingerprint density at radius 1 is 1.06 bits per heavy atom. The number of carbonyl (C=O) groups excluding carboxylic acids is 2. The van der Waals surface area contributed by atoms with Crippen LogP contribution in [0.4, 0.5) is 0 Å². The Kier molecular flexibility index (Phi) is 10.3. The van der Waals surface area contributed by atoms with Crippen molar-refractivity contribution in [2.45, 2.75) is 20.0 Å². The summed E-state index contributed by atoms with van der Waals surface area (Å²) in [7, 11) is 1.57. The van der Waals surface area contributed by atoms with Gasteiger partial charge >= 0.3 is 11.8 Å². The van der Waals surface area contributed by atoms with Crippen molar-refractivity contribution in [2.75, 3.05) is 26.9 Å². The topological polar surface area (TPSA) is 98.2 Å². The van der Waals surface area contributed by atoms with Gasteiger partial charge in [-0.15, -0.1) is 0 Å². The molecule has 0 saturated heterocycles. The Morgan fingerprint density at radius 2 is 1.84 bits per heavy atom. The first-order chi connectivity index (χ1) is 15.0. The number of hydrogen-bond acceptors (Lipinski definition) is 6. The van der Waals surface area contributed by atoms with Crippen LogP contribution in [0.3, 0.4) is 0 Å². The first-order valence-corrected chi connectivity index (χ1v) is 10.2. The van der Waals surface area contributed by atoms with Gasteiger partial charge in [0.15, 0.2) is 11.5 Å². The minimum Gasteiger partial charge on any atom is -0.490 e. The van der Waals surface area contributed by atoms with Gasteiger partial charge in [-0.05, 0) is 54.8 Å². The molecule has 31 heavy (non-hydrogen) atoms. The highest BCUT2D eigenvalue weighted by Gasteiger charge is 2.11. The Bertz CT molecular complexity index is 887. The van der Waals surface area contributed by atoms with Crippen molar-refractivity contribution in [3.05, 3.63) is 58.6 Å². The van der Waals surface area contributed by atoms with E-state index < -0.39 is 11.8 Å². The van der Waals surface area contributed by atoms with Crippen molar-refractivity contribution in [3.8, 4) is 11.5 Å². The molecular weight excluding hydrogens is 422 g/mol. The van der Waals surface area contributed by atoms with Crippen LogP contribution in [0.15, 0.2) is 47.6 Å². The lowest BCUT2D eigenvalue weighted by Crippen LogP contribution is -2.38. The van der Waals surface area contributed by atoms with Crippen molar-refractivity contribution in [1.29, 1.82) is 0 Å². The summed E-state index contributed by atoms with van der Waals surface area (Å²) in [4.78, 5) is 23.4. The van der Waals surface area contributed by atoms with Crippen molar-refractivity contribution < 1.29 is 23.8 Å². The second kappa shape index (κ2) is 13.3. The van der Waals surface area contributed by atoms with E-state index in [-0.39, 0.29) is 0 Å². The van der Waals surface area contributed by atoms with Crippen molar-refractivity contribution in [2.24, 2.45) is 5.10 Å². The van der Waals surface area contributed by atoms with Gasteiger partial charge in [0.1, 0.15) is 6.61 Å². The minimum absolute atomic E-state index is 0.346. The van der Waals surface area contributed by atoms with Crippen LogP contribution in [0.25, 0.3) is 0 Å². The largest absolute Gasteiger partial charge is 0.490 e. The molecule has 0 saturated carbocycles. The fraction of sp³-hybridized carbons (Fsp3) is 0.318. The molecule has 0 aromatic heterocycles. The maximum absolute atomic E-state index is 11.7. The lowest BCUT2D eigenvalue weighted by Gasteiger charge is -2.12. The predicted molar refractivity (Wildman–Crippen MR) is 119 cm³/mol. The maximum Gasteiger partial charge on any atom is 0.329 e. The highest BCUT2D eigenvalue weighted by atomic mass is 35.5. The van der Waals surface area contributed by atoms with E-state index in [1.54, 1.807) is 37.4 Å². The molecule has 0 aliphatic carbocycles. The number of ether oxygens (including phenoxy) is 3. The predicted octanol–water partition coefficient (Wildman–Crippen LogP) is 2.92. The molecule has 2 rings (SSSR count). The van der Waals surface area contributed by atoms with Crippen LogP contribution < -0.4 is 20.2 Å². The highest BCUT2D eigenvalue weighted by Crippen LogP contribution is 2.29. The zero-order chi connectivity index (χ0) is 22.5. The number of methoxy groups -OCH3 is 1. The van der Waals surface area contributed by atoms with Gasteiger partial charge in [-0.25, -0.2) is 5.43 Å². The van der Waals surface area contributed by atoms with E-state index in [1.807, 2.05) is 19.1 Å². The summed E-state index contributed by atoms with van der Waals surface area (Å²) in [5, 5.41) is 6.97. The fourth-order valence-corrected chi connectivity index (χ4v) is 2.58. The smallest absolute Gasteiger partial charge is 0.329 e. The normalized spacial score (nSPS) is 10.7. The van der Waals surface area contributed by atoms with Crippen molar-refractivity contribution in [1.82, 2.24) is 10.7 Å². The van der Waals surface area contributed by atoms with Crippen LogP contribution in [-0.2, 0) is 20.9 Å². The van der Waals surface area contributed by atoms with E-state index in [0.717, 1.165) is 5.56 Å². The molecule has 0 aliphatic heterocycles. The summed E-state index contributed by atoms with van der Waals surface area (Å²) in [5.74, 6) is -0.480. The number of halogens is 1. The average molecular weight is 448 g/mol. The number of benzene rings is 2. The molecule has 0 spiro atoms. The van der Waals surface area contributed by atoms with Crippen LogP contribution in [0.2, 0.25) is 5.02 Å². The summed E-state index contributed by atoms with van der Waals surface area (Å²) in [5.41, 5.74) is 3.84. The quantitative estimate of drug-likeness (QED) is 0.239. The fourth-order valence-electron chi connectivity index (χ4n) is 2.45. The zero-order valence-corrected chi connectivity index (χ0v) is 18.3. The number of hydrogen-bond donors (Lipinski definition) is 2. The molecule has 0 atom stereocenters. The second-order valence-electron chi connectivity index (χ2n) is 6.36. The van der Waals surface area contributed by atoms with Gasteiger partial charge in [-0.1, -0.05) is 23.7 Å². The molecule has 2 aromatic rings. The van der Waals surface area contributed by atoms with Crippen LogP contribution in [-0.4, -0.2) is 44.9 Å². The average Bonchev–Trinajstić information content (AvgIpc) is 2.77. The first-order valence-electron chi connectivity index (χ1n) is 9.77. The Hall–Kier alpha value is -3.10. The van der Waals surface area contributed by atoms with E-state index in [9.17, 15) is 9.59 Å². The summed E-state index contributed by atoms with van der Waals surface area (Å²) >= 11 is 5.90. The van der Waals surface area contributed by atoms with Crippen LogP contribution in [0.5, 0.6) is 11.5 Å². The number of rotatable bonds is 11.